The van der Waals surface area contributed by atoms with Gasteiger partial charge in [-0.05, 0) is 36.4 Å². The number of para-hydroxylation sites is 2. The van der Waals surface area contributed by atoms with Crippen LogP contribution in [0.5, 0.6) is 11.5 Å². The van der Waals surface area contributed by atoms with Gasteiger partial charge in [0.15, 0.2) is 11.5 Å². The molecule has 27 heavy (non-hydrogen) atoms. The Balaban J connectivity index is 1.29. The number of fused-ring (bicyclic) bond motifs is 1. The standard InChI is InChI=1S/C20H17FN2O3S/c21-14-7-5-13(6-8-14)20-23-15(12-27-20)9-19(24)22-10-16-11-25-17-3-1-2-4-18(17)26-16/h1-8,12,16H,9-11H2,(H,22,24)/t16-/m1/s1. The zero-order valence-corrected chi connectivity index (χ0v) is 15.2. The van der Waals surface area contributed by atoms with Crippen LogP contribution in [0.2, 0.25) is 0 Å². The minimum Gasteiger partial charge on any atom is -0.486 e. The topological polar surface area (TPSA) is 60.5 Å². The van der Waals surface area contributed by atoms with Crippen molar-refractivity contribution in [2.24, 2.45) is 0 Å². The molecule has 2 aromatic carbocycles. The van der Waals surface area contributed by atoms with Gasteiger partial charge in [0.05, 0.1) is 18.7 Å². The van der Waals surface area contributed by atoms with Crippen molar-refractivity contribution in [2.45, 2.75) is 12.5 Å². The first-order chi connectivity index (χ1) is 13.2. The van der Waals surface area contributed by atoms with Crippen molar-refractivity contribution >= 4 is 17.2 Å². The number of rotatable bonds is 5. The molecule has 0 aliphatic carbocycles. The zero-order valence-electron chi connectivity index (χ0n) is 14.4. The van der Waals surface area contributed by atoms with Crippen LogP contribution in [0.15, 0.2) is 53.9 Å². The van der Waals surface area contributed by atoms with Gasteiger partial charge in [-0.2, -0.15) is 0 Å². The normalized spacial score (nSPS) is 15.4. The van der Waals surface area contributed by atoms with Crippen LogP contribution < -0.4 is 14.8 Å². The first-order valence-corrected chi connectivity index (χ1v) is 9.41. The maximum Gasteiger partial charge on any atom is 0.226 e. The molecule has 1 aromatic heterocycles. The number of hydrogen-bond donors (Lipinski definition) is 1. The summed E-state index contributed by atoms with van der Waals surface area (Å²) < 4.78 is 24.5. The highest BCUT2D eigenvalue weighted by Gasteiger charge is 2.21. The molecule has 3 aromatic rings. The quantitative estimate of drug-likeness (QED) is 0.732. The summed E-state index contributed by atoms with van der Waals surface area (Å²) in [5.41, 5.74) is 1.52. The SMILES string of the molecule is O=C(Cc1csc(-c2ccc(F)cc2)n1)NC[C@@H]1COc2ccccc2O1. The van der Waals surface area contributed by atoms with E-state index >= 15 is 0 Å². The van der Waals surface area contributed by atoms with E-state index in [4.69, 9.17) is 9.47 Å². The molecule has 0 saturated carbocycles. The maximum atomic E-state index is 13.0. The molecular weight excluding hydrogens is 367 g/mol. The molecule has 138 valence electrons. The predicted molar refractivity (Wildman–Crippen MR) is 101 cm³/mol. The summed E-state index contributed by atoms with van der Waals surface area (Å²) in [7, 11) is 0. The third-order valence-electron chi connectivity index (χ3n) is 4.08. The number of amides is 1. The largest absolute Gasteiger partial charge is 0.486 e. The van der Waals surface area contributed by atoms with E-state index in [1.54, 1.807) is 12.1 Å². The van der Waals surface area contributed by atoms with E-state index in [0.717, 1.165) is 16.3 Å². The van der Waals surface area contributed by atoms with Crippen LogP contribution in [0.4, 0.5) is 4.39 Å². The Morgan fingerprint density at radius 3 is 2.78 bits per heavy atom. The number of ether oxygens (including phenoxy) is 2. The Kier molecular flexibility index (Phi) is 5.02. The Bertz CT molecular complexity index is 942. The van der Waals surface area contributed by atoms with Gasteiger partial charge in [-0.3, -0.25) is 4.79 Å². The third kappa shape index (κ3) is 4.25. The van der Waals surface area contributed by atoms with Crippen LogP contribution >= 0.6 is 11.3 Å². The molecule has 0 fully saturated rings. The van der Waals surface area contributed by atoms with Crippen molar-refractivity contribution in [1.82, 2.24) is 10.3 Å². The number of nitrogens with zero attached hydrogens (tertiary/aromatic N) is 1. The number of aromatic nitrogens is 1. The summed E-state index contributed by atoms with van der Waals surface area (Å²) in [6.07, 6.45) is -0.0453. The second-order valence-electron chi connectivity index (χ2n) is 6.13. The van der Waals surface area contributed by atoms with Crippen molar-refractivity contribution in [1.29, 1.82) is 0 Å². The lowest BCUT2D eigenvalue weighted by molar-refractivity contribution is -0.121. The van der Waals surface area contributed by atoms with Gasteiger partial charge in [-0.1, -0.05) is 12.1 Å². The molecular formula is C20H17FN2O3S. The van der Waals surface area contributed by atoms with Gasteiger partial charge < -0.3 is 14.8 Å². The van der Waals surface area contributed by atoms with Gasteiger partial charge in [0.2, 0.25) is 5.91 Å². The summed E-state index contributed by atoms with van der Waals surface area (Å²) >= 11 is 1.43. The fraction of sp³-hybridized carbons (Fsp3) is 0.200. The molecule has 7 heteroatoms. The van der Waals surface area contributed by atoms with Crippen LogP contribution in [0, 0.1) is 5.82 Å². The number of benzene rings is 2. The Hall–Kier alpha value is -2.93. The van der Waals surface area contributed by atoms with E-state index in [0.29, 0.717) is 24.6 Å². The highest BCUT2D eigenvalue weighted by molar-refractivity contribution is 7.13. The molecule has 5 nitrogen and oxygen atoms in total. The fourth-order valence-electron chi connectivity index (χ4n) is 2.73. The van der Waals surface area contributed by atoms with Gasteiger partial charge >= 0.3 is 0 Å². The molecule has 0 unspecified atom stereocenters. The monoisotopic (exact) mass is 384 g/mol. The van der Waals surface area contributed by atoms with Crippen LogP contribution in [-0.4, -0.2) is 30.1 Å². The van der Waals surface area contributed by atoms with Crippen molar-refractivity contribution in [3.8, 4) is 22.1 Å². The number of halogens is 1. The molecule has 0 spiro atoms. The summed E-state index contributed by atoms with van der Waals surface area (Å²) in [5, 5.41) is 5.46. The Morgan fingerprint density at radius 2 is 1.96 bits per heavy atom. The smallest absolute Gasteiger partial charge is 0.226 e. The van der Waals surface area contributed by atoms with E-state index in [1.807, 2.05) is 29.6 Å². The summed E-state index contributed by atoms with van der Waals surface area (Å²) in [6, 6.07) is 13.6. The zero-order chi connectivity index (χ0) is 18.6. The first-order valence-electron chi connectivity index (χ1n) is 8.53. The lowest BCUT2D eigenvalue weighted by atomic mass is 10.2. The number of nitrogens with one attached hydrogen (secondary N) is 1. The Labute approximate surface area is 159 Å². The predicted octanol–water partition coefficient (Wildman–Crippen LogP) is 3.45. The molecule has 2 heterocycles. The highest BCUT2D eigenvalue weighted by atomic mass is 32.1. The summed E-state index contributed by atoms with van der Waals surface area (Å²) in [4.78, 5) is 16.7. The van der Waals surface area contributed by atoms with Gasteiger partial charge in [-0.15, -0.1) is 11.3 Å². The van der Waals surface area contributed by atoms with Gasteiger partial charge in [0, 0.05) is 10.9 Å². The molecule has 1 amide bonds. The molecule has 0 radical (unpaired) electrons. The van der Waals surface area contributed by atoms with Crippen LogP contribution in [-0.2, 0) is 11.2 Å². The van der Waals surface area contributed by atoms with Gasteiger partial charge in [0.1, 0.15) is 23.5 Å². The second-order valence-corrected chi connectivity index (χ2v) is 6.99. The lowest BCUT2D eigenvalue weighted by Gasteiger charge is -2.26. The average molecular weight is 384 g/mol. The summed E-state index contributed by atoms with van der Waals surface area (Å²) in [6.45, 7) is 0.755. The van der Waals surface area contributed by atoms with Crippen molar-refractivity contribution < 1.29 is 18.7 Å². The second kappa shape index (κ2) is 7.75. The summed E-state index contributed by atoms with van der Waals surface area (Å²) in [5.74, 6) is 0.988. The number of carbonyl (C=O) groups excluding carboxylic acids is 1. The molecule has 1 aliphatic heterocycles. The lowest BCUT2D eigenvalue weighted by Crippen LogP contribution is -2.41. The molecule has 1 N–H and O–H groups in total. The van der Waals surface area contributed by atoms with Gasteiger partial charge in [0.25, 0.3) is 0 Å². The number of carbonyl (C=O) groups is 1. The van der Waals surface area contributed by atoms with E-state index < -0.39 is 0 Å². The maximum absolute atomic E-state index is 13.0. The Morgan fingerprint density at radius 1 is 1.19 bits per heavy atom. The van der Waals surface area contributed by atoms with E-state index in [1.165, 1.54) is 23.5 Å². The van der Waals surface area contributed by atoms with Gasteiger partial charge in [-0.25, -0.2) is 9.37 Å². The van der Waals surface area contributed by atoms with Crippen molar-refractivity contribution in [3.63, 3.8) is 0 Å². The van der Waals surface area contributed by atoms with Crippen molar-refractivity contribution in [3.05, 3.63) is 65.4 Å². The van der Waals surface area contributed by atoms with E-state index in [2.05, 4.69) is 10.3 Å². The number of thiazole rings is 1. The molecule has 4 rings (SSSR count). The van der Waals surface area contributed by atoms with Crippen LogP contribution in [0.25, 0.3) is 10.6 Å². The van der Waals surface area contributed by atoms with E-state index in [9.17, 15) is 9.18 Å². The fourth-order valence-corrected chi connectivity index (χ4v) is 3.56. The third-order valence-corrected chi connectivity index (χ3v) is 5.02. The molecule has 0 bridgehead atoms. The average Bonchev–Trinajstić information content (AvgIpc) is 3.15. The molecule has 1 aliphatic rings. The molecule has 0 saturated heterocycles. The highest BCUT2D eigenvalue weighted by Crippen LogP contribution is 2.30. The minimum atomic E-state index is -0.286. The number of hydrogen-bond acceptors (Lipinski definition) is 5. The van der Waals surface area contributed by atoms with Crippen molar-refractivity contribution in [2.75, 3.05) is 13.2 Å². The van der Waals surface area contributed by atoms with Crippen LogP contribution in [0.3, 0.4) is 0 Å². The minimum absolute atomic E-state index is 0.131. The van der Waals surface area contributed by atoms with Crippen LogP contribution in [0.1, 0.15) is 5.69 Å². The first kappa shape index (κ1) is 17.5. The van der Waals surface area contributed by atoms with E-state index in [-0.39, 0.29) is 24.2 Å². The molecule has 1 atom stereocenters.